The number of thiazole rings is 1. The zero-order valence-corrected chi connectivity index (χ0v) is 21.1. The highest BCUT2D eigenvalue weighted by Gasteiger charge is 2.50. The second-order valence-electron chi connectivity index (χ2n) is 8.60. The molecule has 0 unspecified atom stereocenters. The molecule has 2 aromatic rings. The van der Waals surface area contributed by atoms with Gasteiger partial charge in [0.1, 0.15) is 22.6 Å². The lowest BCUT2D eigenvalue weighted by Gasteiger charge is -2.25. The highest BCUT2D eigenvalue weighted by molar-refractivity contribution is 7.13. The largest absolute Gasteiger partial charge is 0.394 e. The topological polar surface area (TPSA) is 159 Å². The Kier molecular flexibility index (Phi) is 9.26. The summed E-state index contributed by atoms with van der Waals surface area (Å²) in [5.41, 5.74) is -0.123. The quantitative estimate of drug-likeness (QED) is 0.264. The Morgan fingerprint density at radius 1 is 1.11 bits per heavy atom. The van der Waals surface area contributed by atoms with E-state index in [0.29, 0.717) is 5.01 Å². The van der Waals surface area contributed by atoms with Crippen LogP contribution >= 0.6 is 11.3 Å². The SMILES string of the molecule is COC[C@H](NC(=O)[C@H](CO)NC(=O)c1cnc(C)s1)C(=O)N[C@@H](Cc1ccccc1)C(=O)[C@@]1(C)CO1. The minimum atomic E-state index is -1.31. The van der Waals surface area contributed by atoms with Crippen LogP contribution in [-0.4, -0.2) is 84.3 Å². The molecule has 0 radical (unpaired) electrons. The van der Waals surface area contributed by atoms with Crippen molar-refractivity contribution >= 4 is 34.8 Å². The van der Waals surface area contributed by atoms with Crippen molar-refractivity contribution in [3.05, 3.63) is 52.0 Å². The molecule has 1 saturated heterocycles. The van der Waals surface area contributed by atoms with Gasteiger partial charge in [-0.25, -0.2) is 4.98 Å². The van der Waals surface area contributed by atoms with Crippen molar-refractivity contribution in [1.82, 2.24) is 20.9 Å². The van der Waals surface area contributed by atoms with Crippen molar-refractivity contribution in [3.63, 3.8) is 0 Å². The molecule has 12 heteroatoms. The number of methoxy groups -OCH3 is 1. The molecule has 0 aliphatic carbocycles. The molecule has 11 nitrogen and oxygen atoms in total. The number of benzene rings is 1. The highest BCUT2D eigenvalue weighted by atomic mass is 32.1. The molecule has 4 N–H and O–H groups in total. The van der Waals surface area contributed by atoms with Crippen LogP contribution in [0, 0.1) is 6.92 Å². The van der Waals surface area contributed by atoms with E-state index in [2.05, 4.69) is 20.9 Å². The third-order valence-corrected chi connectivity index (χ3v) is 6.54. The van der Waals surface area contributed by atoms with Gasteiger partial charge in [-0.05, 0) is 25.8 Å². The van der Waals surface area contributed by atoms with E-state index in [1.54, 1.807) is 13.8 Å². The lowest BCUT2D eigenvalue weighted by Crippen LogP contribution is -2.58. The fourth-order valence-corrected chi connectivity index (χ4v) is 4.14. The lowest BCUT2D eigenvalue weighted by atomic mass is 9.94. The van der Waals surface area contributed by atoms with Crippen LogP contribution in [0.2, 0.25) is 0 Å². The van der Waals surface area contributed by atoms with E-state index in [1.807, 2.05) is 30.3 Å². The normalized spacial score (nSPS) is 19.0. The predicted molar refractivity (Wildman–Crippen MR) is 130 cm³/mol. The first-order valence-electron chi connectivity index (χ1n) is 11.3. The summed E-state index contributed by atoms with van der Waals surface area (Å²) < 4.78 is 10.4. The number of ether oxygens (including phenoxy) is 2. The molecule has 3 rings (SSSR count). The van der Waals surface area contributed by atoms with Crippen LogP contribution < -0.4 is 16.0 Å². The Hall–Kier alpha value is -3.19. The molecule has 1 fully saturated rings. The smallest absolute Gasteiger partial charge is 0.263 e. The number of carbonyl (C=O) groups is 4. The number of aryl methyl sites for hydroxylation is 1. The Morgan fingerprint density at radius 3 is 2.31 bits per heavy atom. The zero-order chi connectivity index (χ0) is 26.3. The van der Waals surface area contributed by atoms with Crippen LogP contribution in [0.1, 0.15) is 27.2 Å². The predicted octanol–water partition coefficient (Wildman–Crippen LogP) is -0.241. The van der Waals surface area contributed by atoms with Gasteiger partial charge >= 0.3 is 0 Å². The minimum absolute atomic E-state index is 0.197. The molecule has 2 heterocycles. The van der Waals surface area contributed by atoms with Gasteiger partial charge in [-0.15, -0.1) is 11.3 Å². The van der Waals surface area contributed by atoms with E-state index < -0.39 is 48.1 Å². The third-order valence-electron chi connectivity index (χ3n) is 5.63. The molecule has 0 spiro atoms. The van der Waals surface area contributed by atoms with Gasteiger partial charge in [-0.3, -0.25) is 19.2 Å². The van der Waals surface area contributed by atoms with Crippen molar-refractivity contribution in [2.75, 3.05) is 26.9 Å². The summed E-state index contributed by atoms with van der Waals surface area (Å²) in [7, 11) is 1.36. The number of epoxide rings is 1. The first kappa shape index (κ1) is 27.4. The van der Waals surface area contributed by atoms with E-state index >= 15 is 0 Å². The first-order chi connectivity index (χ1) is 17.2. The number of aliphatic hydroxyl groups excluding tert-OH is 1. The van der Waals surface area contributed by atoms with Gasteiger partial charge in [0, 0.05) is 7.11 Å². The van der Waals surface area contributed by atoms with Crippen LogP contribution in [0.4, 0.5) is 0 Å². The second-order valence-corrected chi connectivity index (χ2v) is 9.84. The van der Waals surface area contributed by atoms with Crippen molar-refractivity contribution < 1.29 is 33.8 Å². The fraction of sp³-hybridized carbons (Fsp3) is 0.458. The molecule has 1 aliphatic rings. The number of hydrogen-bond acceptors (Lipinski definition) is 9. The summed E-state index contributed by atoms with van der Waals surface area (Å²) in [4.78, 5) is 55.6. The number of nitrogens with one attached hydrogen (secondary N) is 3. The maximum absolute atomic E-state index is 13.1. The fourth-order valence-electron chi connectivity index (χ4n) is 3.46. The second kappa shape index (κ2) is 12.2. The molecule has 0 saturated carbocycles. The highest BCUT2D eigenvalue weighted by Crippen LogP contribution is 2.29. The van der Waals surface area contributed by atoms with Gasteiger partial charge in [0.05, 0.1) is 37.1 Å². The molecule has 1 aromatic heterocycles. The van der Waals surface area contributed by atoms with Crippen molar-refractivity contribution in [2.45, 2.75) is 44.0 Å². The van der Waals surface area contributed by atoms with Gasteiger partial charge in [-0.2, -0.15) is 0 Å². The molecule has 1 aliphatic heterocycles. The van der Waals surface area contributed by atoms with Gasteiger partial charge in [0.2, 0.25) is 11.8 Å². The van der Waals surface area contributed by atoms with E-state index in [1.165, 1.54) is 13.3 Å². The summed E-state index contributed by atoms with van der Waals surface area (Å²) in [5.74, 6) is -2.28. The van der Waals surface area contributed by atoms with Crippen molar-refractivity contribution in [2.24, 2.45) is 0 Å². The van der Waals surface area contributed by atoms with Crippen molar-refractivity contribution in [1.29, 1.82) is 0 Å². The number of rotatable bonds is 13. The number of ketones is 1. The number of amides is 3. The summed E-state index contributed by atoms with van der Waals surface area (Å²) >= 11 is 1.14. The molecule has 3 amide bonds. The Labute approximate surface area is 212 Å². The van der Waals surface area contributed by atoms with Gasteiger partial charge < -0.3 is 30.5 Å². The maximum Gasteiger partial charge on any atom is 0.263 e. The van der Waals surface area contributed by atoms with E-state index in [-0.39, 0.29) is 30.3 Å². The Bertz CT molecular complexity index is 1090. The van der Waals surface area contributed by atoms with Crippen LogP contribution in [-0.2, 0) is 30.3 Å². The average molecular weight is 519 g/mol. The average Bonchev–Trinajstić information content (AvgIpc) is 3.47. The Morgan fingerprint density at radius 2 is 1.75 bits per heavy atom. The van der Waals surface area contributed by atoms with E-state index in [4.69, 9.17) is 9.47 Å². The molecule has 36 heavy (non-hydrogen) atoms. The monoisotopic (exact) mass is 518 g/mol. The zero-order valence-electron chi connectivity index (χ0n) is 20.3. The first-order valence-corrected chi connectivity index (χ1v) is 12.1. The van der Waals surface area contributed by atoms with Crippen LogP contribution in [0.25, 0.3) is 0 Å². The summed E-state index contributed by atoms with van der Waals surface area (Å²) in [6.07, 6.45) is 1.61. The molecular formula is C24H30N4O7S. The van der Waals surface area contributed by atoms with Crippen LogP contribution in [0.15, 0.2) is 36.5 Å². The number of nitrogens with zero attached hydrogens (tertiary/aromatic N) is 1. The summed E-state index contributed by atoms with van der Waals surface area (Å²) in [5, 5.41) is 18.0. The minimum Gasteiger partial charge on any atom is -0.394 e. The van der Waals surface area contributed by atoms with Gasteiger partial charge in [0.15, 0.2) is 5.78 Å². The van der Waals surface area contributed by atoms with Crippen LogP contribution in [0.5, 0.6) is 0 Å². The summed E-state index contributed by atoms with van der Waals surface area (Å²) in [6, 6.07) is 5.81. The Balaban J connectivity index is 1.68. The van der Waals surface area contributed by atoms with Crippen molar-refractivity contribution in [3.8, 4) is 0 Å². The molecule has 194 valence electrons. The third kappa shape index (κ3) is 7.17. The maximum atomic E-state index is 13.1. The van der Waals surface area contributed by atoms with Gasteiger partial charge in [0.25, 0.3) is 5.91 Å². The number of carbonyl (C=O) groups excluding carboxylic acids is 4. The number of aliphatic hydroxyl groups is 1. The summed E-state index contributed by atoms with van der Waals surface area (Å²) in [6.45, 7) is 2.77. The molecule has 1 aromatic carbocycles. The van der Waals surface area contributed by atoms with E-state index in [0.717, 1.165) is 16.9 Å². The number of aromatic nitrogens is 1. The number of hydrogen-bond donors (Lipinski definition) is 4. The number of Topliss-reactive ketones (excluding diaryl/α,β-unsaturated/α-hetero) is 1. The van der Waals surface area contributed by atoms with E-state index in [9.17, 15) is 24.3 Å². The molecule has 0 bridgehead atoms. The lowest BCUT2D eigenvalue weighted by molar-refractivity contribution is -0.134. The van der Waals surface area contributed by atoms with Gasteiger partial charge in [-0.1, -0.05) is 30.3 Å². The standard InChI is InChI=1S/C24H30N4O7S/c1-14-25-10-19(36-14)23(33)27-17(11-29)21(31)28-18(12-34-3)22(32)26-16(20(30)24(2)13-35-24)9-15-7-5-4-6-8-15/h4-8,10,16-18,29H,9,11-13H2,1-3H3,(H,26,32)(H,27,33)(H,28,31)/t16-,17-,18-,24+/m0/s1. The molecular weight excluding hydrogens is 488 g/mol. The van der Waals surface area contributed by atoms with Crippen LogP contribution in [0.3, 0.4) is 0 Å². The molecule has 4 atom stereocenters.